The van der Waals surface area contributed by atoms with Crippen LogP contribution in [0, 0.1) is 0 Å². The molecule has 1 aromatic rings. The number of aliphatic carboxylic acids is 1. The van der Waals surface area contributed by atoms with Gasteiger partial charge < -0.3 is 5.11 Å². The summed E-state index contributed by atoms with van der Waals surface area (Å²) in [6.07, 6.45) is 2.01. The molecule has 2 unspecified atom stereocenters. The highest BCUT2D eigenvalue weighted by atomic mass is 32.2. The summed E-state index contributed by atoms with van der Waals surface area (Å²) in [6, 6.07) is 2.33. The Labute approximate surface area is 111 Å². The molecule has 0 amide bonds. The molecule has 1 aromatic heterocycles. The van der Waals surface area contributed by atoms with Gasteiger partial charge in [0.2, 0.25) is 0 Å². The van der Waals surface area contributed by atoms with Gasteiger partial charge >= 0.3 is 5.97 Å². The van der Waals surface area contributed by atoms with E-state index in [1.807, 2.05) is 29.6 Å². The zero-order chi connectivity index (χ0) is 13.1. The molecule has 1 fully saturated rings. The van der Waals surface area contributed by atoms with Crippen molar-refractivity contribution in [3.8, 4) is 0 Å². The lowest BCUT2D eigenvalue weighted by atomic mass is 10.1. The summed E-state index contributed by atoms with van der Waals surface area (Å²) >= 11 is 1.84. The molecular weight excluding hydrogens is 250 g/mol. The van der Waals surface area contributed by atoms with Crippen LogP contribution < -0.4 is 0 Å². The quantitative estimate of drug-likeness (QED) is 0.894. The maximum absolute atomic E-state index is 10.9. The number of carbonyl (C=O) groups is 1. The van der Waals surface area contributed by atoms with Gasteiger partial charge in [0.15, 0.2) is 0 Å². The minimum Gasteiger partial charge on any atom is -0.481 e. The zero-order valence-electron chi connectivity index (χ0n) is 10.7. The molecule has 0 bridgehead atoms. The van der Waals surface area contributed by atoms with Crippen molar-refractivity contribution in [2.75, 3.05) is 18.1 Å². The average molecular weight is 269 g/mol. The van der Waals surface area contributed by atoms with Crippen molar-refractivity contribution in [1.82, 2.24) is 14.7 Å². The summed E-state index contributed by atoms with van der Waals surface area (Å²) in [5.41, 5.74) is 1.14. The average Bonchev–Trinajstić information content (AvgIpc) is 2.74. The summed E-state index contributed by atoms with van der Waals surface area (Å²) in [7, 11) is 1.93. The molecule has 6 heteroatoms. The number of hydrogen-bond acceptors (Lipinski definition) is 4. The Balaban J connectivity index is 2.13. The second kappa shape index (κ2) is 5.75. The van der Waals surface area contributed by atoms with Gasteiger partial charge in [-0.05, 0) is 13.0 Å². The molecular formula is C12H19N3O2S. The summed E-state index contributed by atoms with van der Waals surface area (Å²) in [4.78, 5) is 13.2. The lowest BCUT2D eigenvalue weighted by Gasteiger charge is -2.38. The Kier molecular flexibility index (Phi) is 4.29. The number of thioether (sulfide) groups is 1. The first-order valence-corrected chi connectivity index (χ1v) is 7.28. The van der Waals surface area contributed by atoms with Crippen molar-refractivity contribution in [3.05, 3.63) is 18.0 Å². The van der Waals surface area contributed by atoms with Crippen LogP contribution in [0.5, 0.6) is 0 Å². The van der Waals surface area contributed by atoms with Crippen molar-refractivity contribution in [2.24, 2.45) is 7.05 Å². The highest BCUT2D eigenvalue weighted by Gasteiger charge is 2.30. The Morgan fingerprint density at radius 2 is 2.50 bits per heavy atom. The van der Waals surface area contributed by atoms with Crippen molar-refractivity contribution < 1.29 is 9.90 Å². The van der Waals surface area contributed by atoms with Gasteiger partial charge in [-0.15, -0.1) is 0 Å². The van der Waals surface area contributed by atoms with Crippen molar-refractivity contribution in [2.45, 2.75) is 25.4 Å². The lowest BCUT2D eigenvalue weighted by Crippen LogP contribution is -2.45. The van der Waals surface area contributed by atoms with Crippen molar-refractivity contribution in [3.63, 3.8) is 0 Å². The van der Waals surface area contributed by atoms with Crippen LogP contribution in [0.2, 0.25) is 0 Å². The summed E-state index contributed by atoms with van der Waals surface area (Å²) in [5, 5.41) is 13.2. The third kappa shape index (κ3) is 2.87. The number of nitrogens with zero attached hydrogens (tertiary/aromatic N) is 3. The smallest absolute Gasteiger partial charge is 0.304 e. The van der Waals surface area contributed by atoms with E-state index in [-0.39, 0.29) is 18.5 Å². The normalized spacial score (nSPS) is 22.9. The predicted molar refractivity (Wildman–Crippen MR) is 71.7 cm³/mol. The van der Waals surface area contributed by atoms with Gasteiger partial charge in [-0.3, -0.25) is 14.4 Å². The summed E-state index contributed by atoms with van der Waals surface area (Å²) < 4.78 is 1.87. The fourth-order valence-corrected chi connectivity index (χ4v) is 3.61. The van der Waals surface area contributed by atoms with E-state index >= 15 is 0 Å². The molecule has 0 saturated carbocycles. The van der Waals surface area contributed by atoms with E-state index in [1.54, 1.807) is 6.20 Å². The van der Waals surface area contributed by atoms with Crippen LogP contribution in [-0.2, 0) is 11.8 Å². The van der Waals surface area contributed by atoms with Gasteiger partial charge in [0, 0.05) is 43.4 Å². The van der Waals surface area contributed by atoms with Crippen LogP contribution in [0.25, 0.3) is 0 Å². The Hall–Kier alpha value is -1.01. The third-order valence-electron chi connectivity index (χ3n) is 3.47. The molecule has 100 valence electrons. The number of aromatic nitrogens is 2. The molecule has 0 spiro atoms. The number of aryl methyl sites for hydroxylation is 1. The second-order valence-corrected chi connectivity index (χ2v) is 5.77. The monoisotopic (exact) mass is 269 g/mol. The summed E-state index contributed by atoms with van der Waals surface area (Å²) in [6.45, 7) is 3.07. The molecule has 0 radical (unpaired) electrons. The van der Waals surface area contributed by atoms with Gasteiger partial charge in [-0.1, -0.05) is 0 Å². The van der Waals surface area contributed by atoms with Gasteiger partial charge in [0.1, 0.15) is 0 Å². The first-order valence-electron chi connectivity index (χ1n) is 6.12. The molecule has 1 N–H and O–H groups in total. The van der Waals surface area contributed by atoms with Crippen molar-refractivity contribution in [1.29, 1.82) is 0 Å². The molecule has 5 nitrogen and oxygen atoms in total. The number of carboxylic acid groups (broad SMARTS) is 1. The molecule has 2 rings (SSSR count). The SMILES string of the molecule is CC(c1ccnn1C)N1CCSCC1CC(=O)O. The topological polar surface area (TPSA) is 58.4 Å². The fourth-order valence-electron chi connectivity index (χ4n) is 2.52. The first-order chi connectivity index (χ1) is 8.59. The van der Waals surface area contributed by atoms with Crippen LogP contribution in [-0.4, -0.2) is 49.8 Å². The highest BCUT2D eigenvalue weighted by Crippen LogP contribution is 2.28. The molecule has 1 aliphatic rings. The van der Waals surface area contributed by atoms with Gasteiger partial charge in [-0.2, -0.15) is 16.9 Å². The van der Waals surface area contributed by atoms with Crippen molar-refractivity contribution >= 4 is 17.7 Å². The van der Waals surface area contributed by atoms with Gasteiger partial charge in [-0.25, -0.2) is 0 Å². The van der Waals surface area contributed by atoms with E-state index in [0.29, 0.717) is 0 Å². The van der Waals surface area contributed by atoms with E-state index in [0.717, 1.165) is 23.7 Å². The molecule has 1 aliphatic heterocycles. The number of rotatable bonds is 4. The molecule has 2 heterocycles. The Morgan fingerprint density at radius 3 is 3.11 bits per heavy atom. The Morgan fingerprint density at radius 1 is 1.72 bits per heavy atom. The van der Waals surface area contributed by atoms with E-state index in [4.69, 9.17) is 5.11 Å². The highest BCUT2D eigenvalue weighted by molar-refractivity contribution is 7.99. The zero-order valence-corrected chi connectivity index (χ0v) is 11.6. The van der Waals surface area contributed by atoms with Crippen LogP contribution in [0.3, 0.4) is 0 Å². The third-order valence-corrected chi connectivity index (χ3v) is 4.56. The van der Waals surface area contributed by atoms with E-state index in [1.165, 1.54) is 0 Å². The second-order valence-electron chi connectivity index (χ2n) is 4.62. The number of hydrogen-bond donors (Lipinski definition) is 1. The minimum absolute atomic E-state index is 0.117. The maximum atomic E-state index is 10.9. The van der Waals surface area contributed by atoms with Crippen LogP contribution >= 0.6 is 11.8 Å². The molecule has 0 aromatic carbocycles. The Bertz CT molecular complexity index is 421. The fraction of sp³-hybridized carbons (Fsp3) is 0.667. The molecule has 2 atom stereocenters. The van der Waals surface area contributed by atoms with E-state index in [2.05, 4.69) is 16.9 Å². The van der Waals surface area contributed by atoms with Crippen LogP contribution in [0.1, 0.15) is 25.1 Å². The minimum atomic E-state index is -0.718. The first kappa shape index (κ1) is 13.4. The number of carboxylic acids is 1. The van der Waals surface area contributed by atoms with E-state index < -0.39 is 5.97 Å². The van der Waals surface area contributed by atoms with Crippen LogP contribution in [0.15, 0.2) is 12.3 Å². The molecule has 1 saturated heterocycles. The van der Waals surface area contributed by atoms with E-state index in [9.17, 15) is 4.79 Å². The largest absolute Gasteiger partial charge is 0.481 e. The van der Waals surface area contributed by atoms with Gasteiger partial charge in [0.05, 0.1) is 12.1 Å². The molecule has 18 heavy (non-hydrogen) atoms. The molecule has 0 aliphatic carbocycles. The standard InChI is InChI=1S/C12H19N3O2S/c1-9(11-3-4-13-14(11)2)15-5-6-18-8-10(15)7-12(16)17/h3-4,9-10H,5-8H2,1-2H3,(H,16,17). The lowest BCUT2D eigenvalue weighted by molar-refractivity contribution is -0.138. The summed E-state index contributed by atoms with van der Waals surface area (Å²) in [5.74, 6) is 1.25. The predicted octanol–water partition coefficient (Wildman–Crippen LogP) is 1.37. The van der Waals surface area contributed by atoms with Crippen LogP contribution in [0.4, 0.5) is 0 Å². The van der Waals surface area contributed by atoms with Gasteiger partial charge in [0.25, 0.3) is 0 Å². The maximum Gasteiger partial charge on any atom is 0.304 e.